The lowest BCUT2D eigenvalue weighted by molar-refractivity contribution is -0.126. The second-order valence-corrected chi connectivity index (χ2v) is 8.94. The Morgan fingerprint density at radius 2 is 1.90 bits per heavy atom. The van der Waals surface area contributed by atoms with E-state index in [9.17, 15) is 4.79 Å². The van der Waals surface area contributed by atoms with Crippen LogP contribution in [0.5, 0.6) is 0 Å². The van der Waals surface area contributed by atoms with Gasteiger partial charge in [-0.05, 0) is 43.5 Å². The van der Waals surface area contributed by atoms with Crippen LogP contribution in [0.15, 0.2) is 54.9 Å². The van der Waals surface area contributed by atoms with E-state index >= 15 is 0 Å². The van der Waals surface area contributed by atoms with Crippen LogP contribution in [-0.4, -0.2) is 34.6 Å². The molecule has 0 bridgehead atoms. The lowest BCUT2D eigenvalue weighted by Crippen LogP contribution is -2.68. The molecule has 30 heavy (non-hydrogen) atoms. The maximum Gasteiger partial charge on any atom is 0.252 e. The number of hydrogen-bond acceptors (Lipinski definition) is 4. The quantitative estimate of drug-likeness (QED) is 0.710. The van der Waals surface area contributed by atoms with Crippen molar-refractivity contribution in [3.05, 3.63) is 60.4 Å². The summed E-state index contributed by atoms with van der Waals surface area (Å²) in [4.78, 5) is 22.5. The zero-order valence-corrected chi connectivity index (χ0v) is 16.9. The summed E-state index contributed by atoms with van der Waals surface area (Å²) in [5.41, 5.74) is 3.44. The first kappa shape index (κ1) is 18.0. The number of aromatic nitrogens is 2. The van der Waals surface area contributed by atoms with Crippen LogP contribution in [0, 0.1) is 11.3 Å². The maximum absolute atomic E-state index is 13.6. The van der Waals surface area contributed by atoms with E-state index in [0.29, 0.717) is 17.6 Å². The Labute approximate surface area is 175 Å². The van der Waals surface area contributed by atoms with E-state index in [4.69, 9.17) is 9.72 Å². The number of ether oxygens (including phenoxy) is 1. The number of para-hydroxylation sites is 1. The van der Waals surface area contributed by atoms with Crippen LogP contribution < -0.4 is 5.32 Å². The molecule has 1 aliphatic heterocycles. The number of nitrogens with one attached hydrogen (secondary N) is 1. The third kappa shape index (κ3) is 2.61. The first-order chi connectivity index (χ1) is 14.8. The summed E-state index contributed by atoms with van der Waals surface area (Å²) in [7, 11) is 0. The summed E-state index contributed by atoms with van der Waals surface area (Å²) in [6, 6.07) is 13.9. The van der Waals surface area contributed by atoms with Gasteiger partial charge in [0.25, 0.3) is 5.91 Å². The van der Waals surface area contributed by atoms with Gasteiger partial charge in [0.2, 0.25) is 0 Å². The molecule has 2 aromatic heterocycles. The Balaban J connectivity index is 1.38. The van der Waals surface area contributed by atoms with E-state index in [0.717, 1.165) is 35.2 Å². The van der Waals surface area contributed by atoms with Crippen LogP contribution in [0.3, 0.4) is 0 Å². The van der Waals surface area contributed by atoms with E-state index in [1.54, 1.807) is 12.4 Å². The molecule has 3 fully saturated rings. The van der Waals surface area contributed by atoms with E-state index in [1.165, 1.54) is 25.7 Å². The Bertz CT molecular complexity index is 1110. The number of hydrogen-bond donors (Lipinski definition) is 1. The van der Waals surface area contributed by atoms with Crippen molar-refractivity contribution in [2.24, 2.45) is 11.3 Å². The molecule has 3 heterocycles. The van der Waals surface area contributed by atoms with Crippen molar-refractivity contribution in [1.82, 2.24) is 15.3 Å². The fourth-order valence-corrected chi connectivity index (χ4v) is 6.16. The van der Waals surface area contributed by atoms with Crippen molar-refractivity contribution >= 4 is 16.8 Å². The van der Waals surface area contributed by atoms with Gasteiger partial charge >= 0.3 is 0 Å². The SMILES string of the molecule is O=C(NC1C2CCOC2C12CCCC2)c1cc(-c2ccncc2)nc2ccccc12. The molecule has 3 aliphatic rings. The molecule has 6 rings (SSSR count). The average Bonchev–Trinajstić information content (AvgIpc) is 3.46. The zero-order chi connectivity index (χ0) is 20.1. The summed E-state index contributed by atoms with van der Waals surface area (Å²) >= 11 is 0. The van der Waals surface area contributed by atoms with Gasteiger partial charge in [0.05, 0.1) is 22.9 Å². The van der Waals surface area contributed by atoms with Crippen LogP contribution in [0.1, 0.15) is 42.5 Å². The van der Waals surface area contributed by atoms with Gasteiger partial charge in [-0.25, -0.2) is 4.98 Å². The van der Waals surface area contributed by atoms with Crippen LogP contribution in [-0.2, 0) is 4.74 Å². The Hall–Kier alpha value is -2.79. The summed E-state index contributed by atoms with van der Waals surface area (Å²) in [5.74, 6) is 0.463. The number of carbonyl (C=O) groups is 1. The number of rotatable bonds is 3. The Morgan fingerprint density at radius 1 is 1.10 bits per heavy atom. The van der Waals surface area contributed by atoms with Gasteiger partial charge in [-0.15, -0.1) is 0 Å². The molecule has 2 aliphatic carbocycles. The molecule has 0 radical (unpaired) electrons. The second-order valence-electron chi connectivity index (χ2n) is 8.94. The molecule has 3 aromatic rings. The van der Waals surface area contributed by atoms with Crippen LogP contribution in [0.2, 0.25) is 0 Å². The highest BCUT2D eigenvalue weighted by atomic mass is 16.5. The Morgan fingerprint density at radius 3 is 2.73 bits per heavy atom. The van der Waals surface area contributed by atoms with Gasteiger partial charge in [-0.2, -0.15) is 0 Å². The molecule has 5 heteroatoms. The number of amides is 1. The summed E-state index contributed by atoms with van der Waals surface area (Å²) in [6.45, 7) is 0.827. The van der Waals surface area contributed by atoms with Gasteiger partial charge in [0, 0.05) is 47.3 Å². The summed E-state index contributed by atoms with van der Waals surface area (Å²) in [6.07, 6.45) is 9.71. The van der Waals surface area contributed by atoms with Crippen LogP contribution >= 0.6 is 0 Å². The summed E-state index contributed by atoms with van der Waals surface area (Å²) < 4.78 is 6.09. The fourth-order valence-electron chi connectivity index (χ4n) is 6.16. The highest BCUT2D eigenvalue weighted by molar-refractivity contribution is 6.07. The third-order valence-electron chi connectivity index (χ3n) is 7.51. The lowest BCUT2D eigenvalue weighted by atomic mass is 9.54. The fraction of sp³-hybridized carbons (Fsp3) is 0.400. The minimum atomic E-state index is 0.00512. The minimum Gasteiger partial charge on any atom is -0.377 e. The number of pyridine rings is 2. The molecule has 1 saturated heterocycles. The number of fused-ring (bicyclic) bond motifs is 3. The molecular weight excluding hydrogens is 374 g/mol. The maximum atomic E-state index is 13.6. The van der Waals surface area contributed by atoms with Gasteiger partial charge in [0.1, 0.15) is 0 Å². The van der Waals surface area contributed by atoms with Crippen molar-refractivity contribution in [1.29, 1.82) is 0 Å². The number of carbonyl (C=O) groups excluding carboxylic acids is 1. The van der Waals surface area contributed by atoms with E-state index in [-0.39, 0.29) is 17.4 Å². The third-order valence-corrected chi connectivity index (χ3v) is 7.51. The molecule has 152 valence electrons. The monoisotopic (exact) mass is 399 g/mol. The van der Waals surface area contributed by atoms with Gasteiger partial charge in [0.15, 0.2) is 0 Å². The van der Waals surface area contributed by atoms with Crippen molar-refractivity contribution < 1.29 is 9.53 Å². The van der Waals surface area contributed by atoms with Crippen LogP contribution in [0.25, 0.3) is 22.2 Å². The van der Waals surface area contributed by atoms with Crippen LogP contribution in [0.4, 0.5) is 0 Å². The van der Waals surface area contributed by atoms with Crippen molar-refractivity contribution in [3.63, 3.8) is 0 Å². The lowest BCUT2D eigenvalue weighted by Gasteiger charge is -2.56. The van der Waals surface area contributed by atoms with Crippen molar-refractivity contribution in [2.45, 2.75) is 44.2 Å². The molecule has 2 saturated carbocycles. The van der Waals surface area contributed by atoms with E-state index in [1.807, 2.05) is 42.5 Å². The smallest absolute Gasteiger partial charge is 0.252 e. The molecule has 1 amide bonds. The molecule has 1 N–H and O–H groups in total. The van der Waals surface area contributed by atoms with E-state index < -0.39 is 0 Å². The van der Waals surface area contributed by atoms with Crippen molar-refractivity contribution in [2.75, 3.05) is 6.61 Å². The predicted molar refractivity (Wildman–Crippen MR) is 115 cm³/mol. The van der Waals surface area contributed by atoms with Gasteiger partial charge in [-0.1, -0.05) is 31.0 Å². The Kier molecular flexibility index (Phi) is 4.13. The highest BCUT2D eigenvalue weighted by Gasteiger charge is 2.65. The average molecular weight is 399 g/mol. The predicted octanol–water partition coefficient (Wildman–Crippen LogP) is 4.37. The summed E-state index contributed by atoms with van der Waals surface area (Å²) in [5, 5.41) is 4.34. The zero-order valence-electron chi connectivity index (χ0n) is 16.9. The molecular formula is C25H25N3O2. The number of benzene rings is 1. The topological polar surface area (TPSA) is 64.1 Å². The normalized spacial score (nSPS) is 26.5. The molecule has 3 unspecified atom stereocenters. The first-order valence-corrected chi connectivity index (χ1v) is 11.0. The molecule has 5 nitrogen and oxygen atoms in total. The van der Waals surface area contributed by atoms with Crippen molar-refractivity contribution in [3.8, 4) is 11.3 Å². The van der Waals surface area contributed by atoms with Gasteiger partial charge < -0.3 is 10.1 Å². The van der Waals surface area contributed by atoms with Gasteiger partial charge in [-0.3, -0.25) is 9.78 Å². The minimum absolute atomic E-state index is 0.00512. The second kappa shape index (κ2) is 6.88. The number of nitrogens with zero attached hydrogens (tertiary/aromatic N) is 2. The molecule has 3 atom stereocenters. The standard InChI is InChI=1S/C25H25N3O2/c29-24(28-22-18-9-14-30-23(18)25(22)10-3-4-11-25)19-15-21(16-7-12-26-13-8-16)27-20-6-2-1-5-17(19)20/h1-2,5-8,12-13,15,18,22-23H,3-4,9-11,14H2,(H,28,29). The van der Waals surface area contributed by atoms with E-state index in [2.05, 4.69) is 10.3 Å². The largest absolute Gasteiger partial charge is 0.377 e. The highest BCUT2D eigenvalue weighted by Crippen LogP contribution is 2.60. The first-order valence-electron chi connectivity index (χ1n) is 11.0. The molecule has 1 spiro atoms. The molecule has 1 aromatic carbocycles.